The van der Waals surface area contributed by atoms with E-state index in [9.17, 15) is 0 Å². The summed E-state index contributed by atoms with van der Waals surface area (Å²) < 4.78 is 2.90. The highest BCUT2D eigenvalue weighted by Gasteiger charge is 2.17. The quantitative estimate of drug-likeness (QED) is 0.433. The summed E-state index contributed by atoms with van der Waals surface area (Å²) in [7, 11) is 0. The molecule has 0 fully saturated rings. The van der Waals surface area contributed by atoms with Crippen molar-refractivity contribution in [3.8, 4) is 0 Å². The summed E-state index contributed by atoms with van der Waals surface area (Å²) in [6.45, 7) is 6.10. The Kier molecular flexibility index (Phi) is 6.28. The summed E-state index contributed by atoms with van der Waals surface area (Å²) in [6.07, 6.45) is 4.35. The van der Waals surface area contributed by atoms with Crippen molar-refractivity contribution in [1.82, 2.24) is 19.7 Å². The first-order chi connectivity index (χ1) is 12.3. The fraction of sp³-hybridized carbons (Fsp3) is 0.278. The van der Waals surface area contributed by atoms with Gasteiger partial charge in [0.1, 0.15) is 10.9 Å². The Hall–Kier alpha value is -1.08. The summed E-state index contributed by atoms with van der Waals surface area (Å²) in [5, 5.41) is 6.87. The molecule has 2 heterocycles. The van der Waals surface area contributed by atoms with Gasteiger partial charge in [-0.3, -0.25) is 4.68 Å². The second kappa shape index (κ2) is 8.30. The van der Waals surface area contributed by atoms with E-state index in [1.807, 2.05) is 29.9 Å². The first kappa shape index (κ1) is 19.7. The minimum atomic E-state index is 0.233. The molecule has 4 nitrogen and oxygen atoms in total. The molecule has 0 amide bonds. The molecule has 8 heteroatoms. The predicted octanol–water partition coefficient (Wildman–Crippen LogP) is 6.37. The van der Waals surface area contributed by atoms with E-state index < -0.39 is 0 Å². The molecule has 3 rings (SSSR count). The van der Waals surface area contributed by atoms with Crippen molar-refractivity contribution in [2.24, 2.45) is 0 Å². The van der Waals surface area contributed by atoms with Gasteiger partial charge in [0.15, 0.2) is 0 Å². The molecule has 0 bridgehead atoms. The molecule has 0 radical (unpaired) electrons. The second-order valence-electron chi connectivity index (χ2n) is 6.11. The van der Waals surface area contributed by atoms with Gasteiger partial charge in [0.05, 0.1) is 16.4 Å². The Morgan fingerprint density at radius 1 is 1.15 bits per heavy atom. The second-order valence-corrected chi connectivity index (χ2v) is 8.90. The van der Waals surface area contributed by atoms with E-state index in [1.54, 1.807) is 24.0 Å². The molecule has 1 aromatic carbocycles. The van der Waals surface area contributed by atoms with Gasteiger partial charge in [-0.1, -0.05) is 35.0 Å². The van der Waals surface area contributed by atoms with Gasteiger partial charge in [-0.2, -0.15) is 5.10 Å². The van der Waals surface area contributed by atoms with Crippen LogP contribution in [0, 0.1) is 6.92 Å². The lowest BCUT2D eigenvalue weighted by Crippen LogP contribution is -2.05. The van der Waals surface area contributed by atoms with E-state index in [0.717, 1.165) is 31.5 Å². The SMILES string of the molecule is Cc1ncc(Br)c(Cc2cnn(C(C)C)c2Sc2cc(Cl)cc(Cl)c2)n1. The van der Waals surface area contributed by atoms with Crippen LogP contribution >= 0.6 is 50.9 Å². The Balaban J connectivity index is 2.00. The van der Waals surface area contributed by atoms with Crippen molar-refractivity contribution in [1.29, 1.82) is 0 Å². The van der Waals surface area contributed by atoms with Crippen molar-refractivity contribution in [2.75, 3.05) is 0 Å². The van der Waals surface area contributed by atoms with Crippen LogP contribution < -0.4 is 0 Å². The van der Waals surface area contributed by atoms with Crippen LogP contribution in [0.25, 0.3) is 0 Å². The van der Waals surface area contributed by atoms with E-state index in [2.05, 4.69) is 44.8 Å². The normalized spacial score (nSPS) is 11.3. The molecule has 0 saturated heterocycles. The molecule has 136 valence electrons. The number of halogens is 3. The van der Waals surface area contributed by atoms with Gasteiger partial charge in [-0.05, 0) is 54.9 Å². The van der Waals surface area contributed by atoms with Crippen molar-refractivity contribution < 1.29 is 0 Å². The minimum Gasteiger partial charge on any atom is -0.256 e. The topological polar surface area (TPSA) is 43.6 Å². The average molecular weight is 472 g/mol. The van der Waals surface area contributed by atoms with Crippen LogP contribution in [-0.2, 0) is 6.42 Å². The number of hydrogen-bond acceptors (Lipinski definition) is 4. The monoisotopic (exact) mass is 470 g/mol. The first-order valence-corrected chi connectivity index (χ1v) is 10.4. The van der Waals surface area contributed by atoms with Crippen molar-refractivity contribution >= 4 is 50.9 Å². The van der Waals surface area contributed by atoms with Crippen LogP contribution in [0.1, 0.15) is 37.0 Å². The summed E-state index contributed by atoms with van der Waals surface area (Å²) in [5.41, 5.74) is 2.03. The van der Waals surface area contributed by atoms with Gasteiger partial charge in [-0.15, -0.1) is 0 Å². The van der Waals surface area contributed by atoms with Gasteiger partial charge in [-0.25, -0.2) is 9.97 Å². The van der Waals surface area contributed by atoms with Crippen molar-refractivity contribution in [3.05, 3.63) is 62.2 Å². The number of benzene rings is 1. The van der Waals surface area contributed by atoms with Crippen LogP contribution in [0.15, 0.2) is 45.0 Å². The van der Waals surface area contributed by atoms with Crippen molar-refractivity contribution in [3.63, 3.8) is 0 Å². The molecule has 0 aliphatic carbocycles. The number of aromatic nitrogens is 4. The molecule has 0 aliphatic heterocycles. The molecule has 0 spiro atoms. The number of hydrogen-bond donors (Lipinski definition) is 0. The zero-order valence-corrected chi connectivity index (χ0v) is 18.4. The third-order valence-electron chi connectivity index (χ3n) is 3.66. The van der Waals surface area contributed by atoms with Gasteiger partial charge in [0.25, 0.3) is 0 Å². The average Bonchev–Trinajstić information content (AvgIpc) is 2.93. The van der Waals surface area contributed by atoms with Gasteiger partial charge in [0, 0.05) is 39.2 Å². The maximum atomic E-state index is 6.16. The summed E-state index contributed by atoms with van der Waals surface area (Å²) in [6, 6.07) is 5.78. The van der Waals surface area contributed by atoms with Gasteiger partial charge in [0.2, 0.25) is 0 Å². The van der Waals surface area contributed by atoms with Crippen LogP contribution in [-0.4, -0.2) is 19.7 Å². The first-order valence-electron chi connectivity index (χ1n) is 8.02. The molecule has 0 saturated carbocycles. The lowest BCUT2D eigenvalue weighted by Gasteiger charge is -2.13. The van der Waals surface area contributed by atoms with Crippen LogP contribution in [0.4, 0.5) is 0 Å². The maximum absolute atomic E-state index is 6.16. The molecule has 0 unspecified atom stereocenters. The number of rotatable bonds is 5. The summed E-state index contributed by atoms with van der Waals surface area (Å²) in [5.74, 6) is 0.746. The highest BCUT2D eigenvalue weighted by Crippen LogP contribution is 2.36. The number of aryl methyl sites for hydroxylation is 1. The van der Waals surface area contributed by atoms with Crippen LogP contribution in [0.2, 0.25) is 10.0 Å². The zero-order chi connectivity index (χ0) is 18.8. The highest BCUT2D eigenvalue weighted by molar-refractivity contribution is 9.10. The number of nitrogens with zero attached hydrogens (tertiary/aromatic N) is 4. The highest BCUT2D eigenvalue weighted by atomic mass is 79.9. The van der Waals surface area contributed by atoms with Crippen molar-refractivity contribution in [2.45, 2.75) is 43.2 Å². The zero-order valence-electron chi connectivity index (χ0n) is 14.5. The Labute approximate surface area is 175 Å². The third-order valence-corrected chi connectivity index (χ3v) is 5.87. The lowest BCUT2D eigenvalue weighted by molar-refractivity contribution is 0.491. The van der Waals surface area contributed by atoms with Crippen LogP contribution in [0.3, 0.4) is 0 Å². The van der Waals surface area contributed by atoms with Crippen LogP contribution in [0.5, 0.6) is 0 Å². The molecule has 3 aromatic rings. The maximum Gasteiger partial charge on any atom is 0.125 e. The van der Waals surface area contributed by atoms with Gasteiger partial charge >= 0.3 is 0 Å². The van der Waals surface area contributed by atoms with Gasteiger partial charge < -0.3 is 0 Å². The Morgan fingerprint density at radius 3 is 2.50 bits per heavy atom. The van der Waals surface area contributed by atoms with E-state index >= 15 is 0 Å². The van der Waals surface area contributed by atoms with E-state index in [4.69, 9.17) is 23.2 Å². The molecular weight excluding hydrogens is 455 g/mol. The molecule has 0 aliphatic rings. The summed E-state index contributed by atoms with van der Waals surface area (Å²) in [4.78, 5) is 9.74. The van der Waals surface area contributed by atoms with E-state index in [-0.39, 0.29) is 6.04 Å². The minimum absolute atomic E-state index is 0.233. The standard InChI is InChI=1S/C18H17BrCl2N4S/c1-10(2)25-18(26-15-6-13(20)5-14(21)7-15)12(8-23-25)4-17-16(19)9-22-11(3)24-17/h5-10H,4H2,1-3H3. The third kappa shape index (κ3) is 4.60. The smallest absolute Gasteiger partial charge is 0.125 e. The molecule has 26 heavy (non-hydrogen) atoms. The molecule has 2 aromatic heterocycles. The lowest BCUT2D eigenvalue weighted by atomic mass is 10.2. The fourth-order valence-corrected chi connectivity index (χ4v) is 4.68. The largest absolute Gasteiger partial charge is 0.256 e. The Bertz CT molecular complexity index is 923. The Morgan fingerprint density at radius 2 is 1.85 bits per heavy atom. The molecule has 0 N–H and O–H groups in total. The van der Waals surface area contributed by atoms with E-state index in [0.29, 0.717) is 16.5 Å². The molecule has 0 atom stereocenters. The fourth-order valence-electron chi connectivity index (χ4n) is 2.49. The predicted molar refractivity (Wildman–Crippen MR) is 110 cm³/mol. The molecular formula is C18H17BrCl2N4S. The summed E-state index contributed by atoms with van der Waals surface area (Å²) >= 11 is 17.5. The van der Waals surface area contributed by atoms with E-state index in [1.165, 1.54) is 0 Å².